The molecule has 0 amide bonds. The molecule has 0 aliphatic carbocycles. The van der Waals surface area contributed by atoms with E-state index in [2.05, 4.69) is 10.3 Å². The molecule has 0 saturated carbocycles. The number of hydrogen-bond donors (Lipinski definition) is 0. The minimum atomic E-state index is 0.922. The van der Waals surface area contributed by atoms with Crippen molar-refractivity contribution in [3.63, 3.8) is 0 Å². The van der Waals surface area contributed by atoms with Gasteiger partial charge in [-0.15, -0.1) is 5.11 Å². The quantitative estimate of drug-likeness (QED) is 0.697. The van der Waals surface area contributed by atoms with Gasteiger partial charge in [0.05, 0.1) is 5.69 Å². The molecule has 1 aliphatic rings. The molecule has 0 radical (unpaired) electrons. The van der Waals surface area contributed by atoms with Crippen LogP contribution in [0.3, 0.4) is 0 Å². The Hall–Kier alpha value is -1.03. The molecule has 0 N–H and O–H groups in total. The summed E-state index contributed by atoms with van der Waals surface area (Å²) in [6, 6.07) is 9.85. The third kappa shape index (κ3) is 2.73. The second-order valence-corrected chi connectivity index (χ2v) is 4.32. The van der Waals surface area contributed by atoms with Gasteiger partial charge in [0.2, 0.25) is 0 Å². The highest BCUT2D eigenvalue weighted by atomic mass is 32.2. The Morgan fingerprint density at radius 3 is 2.50 bits per heavy atom. The Kier molecular flexibility index (Phi) is 3.40. The van der Waals surface area contributed by atoms with Crippen molar-refractivity contribution in [2.75, 3.05) is 24.6 Å². The summed E-state index contributed by atoms with van der Waals surface area (Å²) in [6.45, 7) is 2.03. The van der Waals surface area contributed by atoms with Gasteiger partial charge in [0.1, 0.15) is 0 Å². The van der Waals surface area contributed by atoms with E-state index in [1.165, 1.54) is 0 Å². The average molecular weight is 207 g/mol. The summed E-state index contributed by atoms with van der Waals surface area (Å²) in [6.07, 6.45) is 0. The van der Waals surface area contributed by atoms with Crippen LogP contribution in [0, 0.1) is 0 Å². The van der Waals surface area contributed by atoms with Crippen molar-refractivity contribution in [3.8, 4) is 0 Å². The van der Waals surface area contributed by atoms with Crippen molar-refractivity contribution < 1.29 is 0 Å². The molecule has 1 aliphatic heterocycles. The fourth-order valence-electron chi connectivity index (χ4n) is 1.25. The highest BCUT2D eigenvalue weighted by Gasteiger charge is 2.06. The van der Waals surface area contributed by atoms with E-state index < -0.39 is 0 Å². The van der Waals surface area contributed by atoms with Gasteiger partial charge in [0.25, 0.3) is 0 Å². The van der Waals surface area contributed by atoms with E-state index in [0.717, 1.165) is 30.3 Å². The molecule has 74 valence electrons. The minimum Gasteiger partial charge on any atom is -0.277 e. The largest absolute Gasteiger partial charge is 0.277 e. The number of rotatable bonds is 2. The Balaban J connectivity index is 1.93. The third-order valence-electron chi connectivity index (χ3n) is 2.03. The van der Waals surface area contributed by atoms with Gasteiger partial charge in [-0.25, -0.2) is 0 Å². The Bertz CT molecular complexity index is 293. The molecule has 0 bridgehead atoms. The highest BCUT2D eigenvalue weighted by molar-refractivity contribution is 7.99. The van der Waals surface area contributed by atoms with E-state index in [1.807, 2.05) is 47.1 Å². The molecule has 4 heteroatoms. The molecule has 1 aromatic carbocycles. The Labute approximate surface area is 88.2 Å². The minimum absolute atomic E-state index is 0.922. The molecule has 1 fully saturated rings. The normalized spacial score (nSPS) is 17.6. The first-order valence-corrected chi connectivity index (χ1v) is 5.90. The van der Waals surface area contributed by atoms with Crippen LogP contribution in [-0.2, 0) is 0 Å². The number of nitrogens with zero attached hydrogens (tertiary/aromatic N) is 3. The van der Waals surface area contributed by atoms with Gasteiger partial charge >= 0.3 is 0 Å². The highest BCUT2D eigenvalue weighted by Crippen LogP contribution is 2.13. The first kappa shape index (κ1) is 9.52. The number of benzene rings is 1. The summed E-state index contributed by atoms with van der Waals surface area (Å²) < 4.78 is 0. The molecule has 1 saturated heterocycles. The summed E-state index contributed by atoms with van der Waals surface area (Å²) in [5, 5.41) is 10.4. The van der Waals surface area contributed by atoms with Crippen LogP contribution in [0.15, 0.2) is 40.7 Å². The predicted molar refractivity (Wildman–Crippen MR) is 59.9 cm³/mol. The summed E-state index contributed by atoms with van der Waals surface area (Å²) in [5.41, 5.74) is 0.922. The van der Waals surface area contributed by atoms with Crippen LogP contribution in [0.4, 0.5) is 5.69 Å². The summed E-state index contributed by atoms with van der Waals surface area (Å²) >= 11 is 1.98. The van der Waals surface area contributed by atoms with E-state index >= 15 is 0 Å². The lowest BCUT2D eigenvalue weighted by Gasteiger charge is -2.21. The van der Waals surface area contributed by atoms with Gasteiger partial charge in [-0.3, -0.25) is 5.01 Å². The predicted octanol–water partition coefficient (Wildman–Crippen LogP) is 2.73. The van der Waals surface area contributed by atoms with Crippen molar-refractivity contribution in [2.24, 2.45) is 10.3 Å². The topological polar surface area (TPSA) is 28.0 Å². The second kappa shape index (κ2) is 5.00. The van der Waals surface area contributed by atoms with Crippen LogP contribution in [0.25, 0.3) is 0 Å². The lowest BCUT2D eigenvalue weighted by Crippen LogP contribution is -2.27. The molecule has 0 spiro atoms. The van der Waals surface area contributed by atoms with E-state index in [1.54, 1.807) is 0 Å². The molecular weight excluding hydrogens is 194 g/mol. The fraction of sp³-hybridized carbons (Fsp3) is 0.400. The number of thioether (sulfide) groups is 1. The first-order valence-electron chi connectivity index (χ1n) is 4.74. The van der Waals surface area contributed by atoms with Gasteiger partial charge in [-0.2, -0.15) is 11.8 Å². The standard InChI is InChI=1S/C10H13N3S/c1-2-4-10(5-3-1)11-12-13-6-8-14-9-7-13/h1-5H,6-9H2. The second-order valence-electron chi connectivity index (χ2n) is 3.09. The third-order valence-corrected chi connectivity index (χ3v) is 2.97. The van der Waals surface area contributed by atoms with Gasteiger partial charge in [-0.05, 0) is 12.1 Å². The van der Waals surface area contributed by atoms with Gasteiger partial charge < -0.3 is 0 Å². The maximum Gasteiger partial charge on any atom is 0.0874 e. The zero-order valence-corrected chi connectivity index (χ0v) is 8.78. The molecule has 3 nitrogen and oxygen atoms in total. The summed E-state index contributed by atoms with van der Waals surface area (Å²) in [7, 11) is 0. The maximum atomic E-state index is 4.20. The SMILES string of the molecule is c1ccc(N=NN2CCSCC2)cc1. The summed E-state index contributed by atoms with van der Waals surface area (Å²) in [5.74, 6) is 2.32. The lowest BCUT2D eigenvalue weighted by atomic mass is 10.3. The van der Waals surface area contributed by atoms with Crippen molar-refractivity contribution in [1.29, 1.82) is 0 Å². The Morgan fingerprint density at radius 1 is 1.07 bits per heavy atom. The van der Waals surface area contributed by atoms with Gasteiger partial charge in [-0.1, -0.05) is 23.4 Å². The number of hydrogen-bond acceptors (Lipinski definition) is 3. The molecule has 1 heterocycles. The summed E-state index contributed by atoms with van der Waals surface area (Å²) in [4.78, 5) is 0. The van der Waals surface area contributed by atoms with Crippen LogP contribution >= 0.6 is 11.8 Å². The smallest absolute Gasteiger partial charge is 0.0874 e. The van der Waals surface area contributed by atoms with Gasteiger partial charge in [0, 0.05) is 24.6 Å². The van der Waals surface area contributed by atoms with E-state index in [0.29, 0.717) is 0 Å². The first-order chi connectivity index (χ1) is 6.95. The van der Waals surface area contributed by atoms with Crippen LogP contribution in [0.5, 0.6) is 0 Å². The monoisotopic (exact) mass is 207 g/mol. The molecule has 0 aromatic heterocycles. The Morgan fingerprint density at radius 2 is 1.79 bits per heavy atom. The molecule has 2 rings (SSSR count). The van der Waals surface area contributed by atoms with Crippen LogP contribution in [0.1, 0.15) is 0 Å². The van der Waals surface area contributed by atoms with Crippen LogP contribution in [-0.4, -0.2) is 29.6 Å². The molecular formula is C10H13N3S. The van der Waals surface area contributed by atoms with Crippen molar-refractivity contribution in [2.45, 2.75) is 0 Å². The van der Waals surface area contributed by atoms with E-state index in [-0.39, 0.29) is 0 Å². The zero-order valence-electron chi connectivity index (χ0n) is 7.97. The van der Waals surface area contributed by atoms with E-state index in [4.69, 9.17) is 0 Å². The lowest BCUT2D eigenvalue weighted by molar-refractivity contribution is 0.299. The van der Waals surface area contributed by atoms with Crippen molar-refractivity contribution in [1.82, 2.24) is 5.01 Å². The molecule has 14 heavy (non-hydrogen) atoms. The van der Waals surface area contributed by atoms with Crippen molar-refractivity contribution >= 4 is 17.4 Å². The van der Waals surface area contributed by atoms with Crippen LogP contribution in [0.2, 0.25) is 0 Å². The zero-order chi connectivity index (χ0) is 9.64. The molecule has 0 atom stereocenters. The fourth-order valence-corrected chi connectivity index (χ4v) is 2.14. The maximum absolute atomic E-state index is 4.20. The van der Waals surface area contributed by atoms with Crippen molar-refractivity contribution in [3.05, 3.63) is 30.3 Å². The molecule has 0 unspecified atom stereocenters. The molecule has 1 aromatic rings. The average Bonchev–Trinajstić information content (AvgIpc) is 2.29. The van der Waals surface area contributed by atoms with E-state index in [9.17, 15) is 0 Å². The van der Waals surface area contributed by atoms with Gasteiger partial charge in [0.15, 0.2) is 0 Å². The van der Waals surface area contributed by atoms with Crippen LogP contribution < -0.4 is 0 Å².